The zero-order chi connectivity index (χ0) is 14.8. The van der Waals surface area contributed by atoms with Gasteiger partial charge in [0, 0.05) is 24.7 Å². The fraction of sp³-hybridized carbons (Fsp3) is 0.562. The molecule has 21 heavy (non-hydrogen) atoms. The van der Waals surface area contributed by atoms with E-state index in [0.29, 0.717) is 12.1 Å². The second-order valence-electron chi connectivity index (χ2n) is 6.22. The molecule has 2 fully saturated rings. The number of nitrogen functional groups attached to an aromatic ring is 1. The Labute approximate surface area is 124 Å². The number of amides is 1. The Morgan fingerprint density at radius 3 is 3.00 bits per heavy atom. The lowest BCUT2D eigenvalue weighted by Crippen LogP contribution is -2.33. The van der Waals surface area contributed by atoms with E-state index in [-0.39, 0.29) is 11.6 Å². The van der Waals surface area contributed by atoms with E-state index < -0.39 is 5.82 Å². The first kappa shape index (κ1) is 14.3. The summed E-state index contributed by atoms with van der Waals surface area (Å²) in [6, 6.07) is 4.94. The molecular formula is C16H22FN3O. The van der Waals surface area contributed by atoms with Crippen molar-refractivity contribution in [2.45, 2.75) is 38.1 Å². The predicted molar refractivity (Wildman–Crippen MR) is 81.4 cm³/mol. The first-order valence-corrected chi connectivity index (χ1v) is 7.71. The number of carbonyl (C=O) groups is 1. The molecule has 1 saturated carbocycles. The summed E-state index contributed by atoms with van der Waals surface area (Å²) in [5.41, 5.74) is 6.21. The van der Waals surface area contributed by atoms with Crippen molar-refractivity contribution in [1.82, 2.24) is 4.90 Å². The number of hydrogen-bond acceptors (Lipinski definition) is 3. The van der Waals surface area contributed by atoms with Gasteiger partial charge in [0.05, 0.1) is 5.69 Å². The largest absolute Gasteiger partial charge is 0.399 e. The van der Waals surface area contributed by atoms with Crippen molar-refractivity contribution < 1.29 is 9.18 Å². The van der Waals surface area contributed by atoms with Crippen LogP contribution < -0.4 is 11.1 Å². The summed E-state index contributed by atoms with van der Waals surface area (Å²) in [5.74, 6) is 0.281. The molecule has 1 heterocycles. The Morgan fingerprint density at radius 2 is 2.29 bits per heavy atom. The summed E-state index contributed by atoms with van der Waals surface area (Å²) >= 11 is 0. The van der Waals surface area contributed by atoms with Crippen LogP contribution in [0.25, 0.3) is 0 Å². The van der Waals surface area contributed by atoms with Crippen LogP contribution >= 0.6 is 0 Å². The molecule has 2 atom stereocenters. The SMILES string of the molecule is Nc1ccc(F)c(NC(=O)CCCN2CC3CCC2C3)c1. The number of benzene rings is 1. The zero-order valence-corrected chi connectivity index (χ0v) is 12.1. The highest BCUT2D eigenvalue weighted by molar-refractivity contribution is 5.91. The molecule has 0 radical (unpaired) electrons. The van der Waals surface area contributed by atoms with E-state index in [4.69, 9.17) is 5.73 Å². The number of carbonyl (C=O) groups excluding carboxylic acids is 1. The minimum atomic E-state index is -0.450. The van der Waals surface area contributed by atoms with E-state index >= 15 is 0 Å². The van der Waals surface area contributed by atoms with Crippen molar-refractivity contribution in [3.8, 4) is 0 Å². The number of nitrogens with zero attached hydrogens (tertiary/aromatic N) is 1. The smallest absolute Gasteiger partial charge is 0.224 e. The van der Waals surface area contributed by atoms with Gasteiger partial charge in [0.2, 0.25) is 5.91 Å². The molecule has 5 heteroatoms. The molecule has 3 rings (SSSR count). The van der Waals surface area contributed by atoms with Crippen LogP contribution in [0.2, 0.25) is 0 Å². The van der Waals surface area contributed by atoms with Gasteiger partial charge >= 0.3 is 0 Å². The molecule has 2 aliphatic rings. The molecule has 0 spiro atoms. The van der Waals surface area contributed by atoms with Gasteiger partial charge in [-0.05, 0) is 56.3 Å². The van der Waals surface area contributed by atoms with E-state index in [9.17, 15) is 9.18 Å². The third-order valence-electron chi connectivity index (χ3n) is 4.64. The zero-order valence-electron chi connectivity index (χ0n) is 12.1. The number of rotatable bonds is 5. The van der Waals surface area contributed by atoms with Crippen LogP contribution in [0.1, 0.15) is 32.1 Å². The minimum absolute atomic E-state index is 0.149. The molecule has 1 aliphatic heterocycles. The minimum Gasteiger partial charge on any atom is -0.399 e. The summed E-state index contributed by atoms with van der Waals surface area (Å²) in [7, 11) is 0. The van der Waals surface area contributed by atoms with Gasteiger partial charge in [-0.1, -0.05) is 0 Å². The number of halogens is 1. The number of nitrogens with two attached hydrogens (primary N) is 1. The van der Waals surface area contributed by atoms with Crippen LogP contribution in [0.3, 0.4) is 0 Å². The van der Waals surface area contributed by atoms with Gasteiger partial charge in [-0.25, -0.2) is 4.39 Å². The van der Waals surface area contributed by atoms with E-state index in [1.165, 1.54) is 44.0 Å². The van der Waals surface area contributed by atoms with Gasteiger partial charge in [0.15, 0.2) is 0 Å². The third kappa shape index (κ3) is 3.35. The van der Waals surface area contributed by atoms with Crippen LogP contribution in [0, 0.1) is 11.7 Å². The lowest BCUT2D eigenvalue weighted by Gasteiger charge is -2.26. The Kier molecular flexibility index (Phi) is 4.10. The van der Waals surface area contributed by atoms with Gasteiger partial charge in [0.25, 0.3) is 0 Å². The molecule has 1 aromatic rings. The molecule has 1 saturated heterocycles. The van der Waals surface area contributed by atoms with Crippen molar-refractivity contribution in [3.63, 3.8) is 0 Å². The topological polar surface area (TPSA) is 58.4 Å². The Bertz CT molecular complexity index is 534. The number of fused-ring (bicyclic) bond motifs is 2. The summed E-state index contributed by atoms with van der Waals surface area (Å²) in [5, 5.41) is 2.60. The van der Waals surface area contributed by atoms with Crippen LogP contribution in [0.4, 0.5) is 15.8 Å². The molecule has 3 N–H and O–H groups in total. The Morgan fingerprint density at radius 1 is 1.43 bits per heavy atom. The first-order chi connectivity index (χ1) is 10.1. The Hall–Kier alpha value is -1.62. The maximum absolute atomic E-state index is 13.5. The van der Waals surface area contributed by atoms with Gasteiger partial charge in [-0.15, -0.1) is 0 Å². The molecule has 1 aliphatic carbocycles. The highest BCUT2D eigenvalue weighted by Crippen LogP contribution is 2.37. The molecule has 2 bridgehead atoms. The molecule has 4 nitrogen and oxygen atoms in total. The number of piperidine rings is 1. The molecule has 1 amide bonds. The number of hydrogen-bond donors (Lipinski definition) is 2. The summed E-state index contributed by atoms with van der Waals surface area (Å²) < 4.78 is 13.5. The van der Waals surface area contributed by atoms with Gasteiger partial charge in [0.1, 0.15) is 5.82 Å². The van der Waals surface area contributed by atoms with E-state index in [0.717, 1.165) is 24.9 Å². The van der Waals surface area contributed by atoms with Gasteiger partial charge in [-0.3, -0.25) is 4.79 Å². The monoisotopic (exact) mass is 291 g/mol. The van der Waals surface area contributed by atoms with Crippen LogP contribution in [-0.4, -0.2) is 29.9 Å². The van der Waals surface area contributed by atoms with Crippen LogP contribution in [0.5, 0.6) is 0 Å². The highest BCUT2D eigenvalue weighted by Gasteiger charge is 2.37. The standard InChI is InChI=1S/C16H22FN3O/c17-14-6-4-12(18)9-15(14)19-16(21)2-1-7-20-10-11-3-5-13(20)8-11/h4,6,9,11,13H,1-3,5,7-8,10,18H2,(H,19,21). The summed E-state index contributed by atoms with van der Waals surface area (Å²) in [6.45, 7) is 2.16. The van der Waals surface area contributed by atoms with E-state index in [2.05, 4.69) is 10.2 Å². The normalized spacial score (nSPS) is 24.4. The van der Waals surface area contributed by atoms with Gasteiger partial charge < -0.3 is 16.0 Å². The lowest BCUT2D eigenvalue weighted by atomic mass is 10.1. The van der Waals surface area contributed by atoms with Crippen molar-refractivity contribution in [1.29, 1.82) is 0 Å². The highest BCUT2D eigenvalue weighted by atomic mass is 19.1. The average Bonchev–Trinajstić information content (AvgIpc) is 3.05. The molecular weight excluding hydrogens is 269 g/mol. The molecule has 114 valence electrons. The van der Waals surface area contributed by atoms with Crippen molar-refractivity contribution in [2.24, 2.45) is 5.92 Å². The molecule has 1 aromatic carbocycles. The second kappa shape index (κ2) is 6.02. The average molecular weight is 291 g/mol. The number of nitrogens with one attached hydrogen (secondary N) is 1. The fourth-order valence-electron chi connectivity index (χ4n) is 3.59. The fourth-order valence-corrected chi connectivity index (χ4v) is 3.59. The maximum atomic E-state index is 13.5. The van der Waals surface area contributed by atoms with E-state index in [1.54, 1.807) is 0 Å². The predicted octanol–water partition coefficient (Wildman–Crippen LogP) is 2.61. The first-order valence-electron chi connectivity index (χ1n) is 7.71. The third-order valence-corrected chi connectivity index (χ3v) is 4.64. The maximum Gasteiger partial charge on any atom is 0.224 e. The van der Waals surface area contributed by atoms with Gasteiger partial charge in [-0.2, -0.15) is 0 Å². The lowest BCUT2D eigenvalue weighted by molar-refractivity contribution is -0.116. The second-order valence-corrected chi connectivity index (χ2v) is 6.22. The van der Waals surface area contributed by atoms with Crippen LogP contribution in [-0.2, 0) is 4.79 Å². The summed E-state index contributed by atoms with van der Waals surface area (Å²) in [4.78, 5) is 14.4. The number of likely N-dealkylation sites (tertiary alicyclic amines) is 1. The molecule has 2 unspecified atom stereocenters. The van der Waals surface area contributed by atoms with E-state index in [1.807, 2.05) is 0 Å². The summed E-state index contributed by atoms with van der Waals surface area (Å²) in [6.07, 6.45) is 5.25. The Balaban J connectivity index is 1.43. The quantitative estimate of drug-likeness (QED) is 0.820. The van der Waals surface area contributed by atoms with Crippen molar-refractivity contribution in [3.05, 3.63) is 24.0 Å². The molecule has 0 aromatic heterocycles. The van der Waals surface area contributed by atoms with Crippen molar-refractivity contribution >= 4 is 17.3 Å². The van der Waals surface area contributed by atoms with Crippen LogP contribution in [0.15, 0.2) is 18.2 Å². The van der Waals surface area contributed by atoms with Crippen molar-refractivity contribution in [2.75, 3.05) is 24.1 Å². The number of anilines is 2.